The van der Waals surface area contributed by atoms with Crippen LogP contribution in [0.25, 0.3) is 0 Å². The molecule has 60 valence electrons. The van der Waals surface area contributed by atoms with Crippen molar-refractivity contribution in [3.63, 3.8) is 0 Å². The number of hydrogen-bond acceptors (Lipinski definition) is 3. The van der Waals surface area contributed by atoms with Gasteiger partial charge in [-0.2, -0.15) is 0 Å². The Morgan fingerprint density at radius 1 is 1.50 bits per heavy atom. The van der Waals surface area contributed by atoms with Gasteiger partial charge in [0.2, 0.25) is 0 Å². The fourth-order valence-corrected chi connectivity index (χ4v) is 0.761. The third kappa shape index (κ3) is 3.45. The van der Waals surface area contributed by atoms with Crippen LogP contribution in [0.3, 0.4) is 0 Å². The van der Waals surface area contributed by atoms with E-state index in [0.29, 0.717) is 0 Å². The molecule has 1 fully saturated rings. The molecule has 0 amide bonds. The number of nitrogens with zero attached hydrogens (tertiary/aromatic N) is 1. The van der Waals surface area contributed by atoms with E-state index in [4.69, 9.17) is 0 Å². The SMILES string of the molecule is CC.CO/N=C1\CCNC1. The molecule has 1 saturated heterocycles. The lowest BCUT2D eigenvalue weighted by Gasteiger charge is -1.88. The predicted molar refractivity (Wildman–Crippen MR) is 43.3 cm³/mol. The summed E-state index contributed by atoms with van der Waals surface area (Å²) in [5.41, 5.74) is 1.12. The lowest BCUT2D eigenvalue weighted by Crippen LogP contribution is -2.08. The summed E-state index contributed by atoms with van der Waals surface area (Å²) in [6.45, 7) is 5.94. The molecule has 0 aromatic heterocycles. The molecule has 0 bridgehead atoms. The Morgan fingerprint density at radius 2 is 2.20 bits per heavy atom. The van der Waals surface area contributed by atoms with Crippen molar-refractivity contribution >= 4 is 5.71 Å². The van der Waals surface area contributed by atoms with Crippen LogP contribution >= 0.6 is 0 Å². The second-order valence-electron chi connectivity index (χ2n) is 1.77. The van der Waals surface area contributed by atoms with Gasteiger partial charge >= 0.3 is 0 Å². The molecule has 1 aliphatic rings. The van der Waals surface area contributed by atoms with Gasteiger partial charge in [0.15, 0.2) is 0 Å². The van der Waals surface area contributed by atoms with Crippen LogP contribution in [0.15, 0.2) is 5.16 Å². The average Bonchev–Trinajstić information content (AvgIpc) is 2.46. The van der Waals surface area contributed by atoms with E-state index in [0.717, 1.165) is 25.2 Å². The Hall–Kier alpha value is -0.570. The van der Waals surface area contributed by atoms with Crippen molar-refractivity contribution in [2.45, 2.75) is 20.3 Å². The van der Waals surface area contributed by atoms with Crippen molar-refractivity contribution in [1.29, 1.82) is 0 Å². The topological polar surface area (TPSA) is 33.6 Å². The number of nitrogens with one attached hydrogen (secondary N) is 1. The monoisotopic (exact) mass is 144 g/mol. The van der Waals surface area contributed by atoms with Gasteiger partial charge in [-0.05, 0) is 0 Å². The Labute approximate surface area is 62.4 Å². The van der Waals surface area contributed by atoms with Crippen LogP contribution in [0.5, 0.6) is 0 Å². The van der Waals surface area contributed by atoms with E-state index >= 15 is 0 Å². The summed E-state index contributed by atoms with van der Waals surface area (Å²) in [7, 11) is 1.57. The van der Waals surface area contributed by atoms with E-state index in [1.807, 2.05) is 13.8 Å². The molecule has 0 radical (unpaired) electrons. The van der Waals surface area contributed by atoms with Crippen LogP contribution in [0.2, 0.25) is 0 Å². The highest BCUT2D eigenvalue weighted by Gasteiger charge is 2.05. The van der Waals surface area contributed by atoms with Crippen molar-refractivity contribution in [1.82, 2.24) is 5.32 Å². The Kier molecular flexibility index (Phi) is 6.18. The number of rotatable bonds is 1. The first kappa shape index (κ1) is 9.43. The Balaban J connectivity index is 0.000000371. The lowest BCUT2D eigenvalue weighted by atomic mass is 10.3. The first-order chi connectivity index (χ1) is 4.93. The van der Waals surface area contributed by atoms with E-state index in [2.05, 4.69) is 15.3 Å². The molecule has 0 spiro atoms. The van der Waals surface area contributed by atoms with Gasteiger partial charge in [-0.3, -0.25) is 0 Å². The molecule has 3 nitrogen and oxygen atoms in total. The van der Waals surface area contributed by atoms with Gasteiger partial charge in [-0.25, -0.2) is 0 Å². The highest BCUT2D eigenvalue weighted by Crippen LogP contribution is 1.91. The lowest BCUT2D eigenvalue weighted by molar-refractivity contribution is 0.212. The molecule has 1 heterocycles. The van der Waals surface area contributed by atoms with Crippen molar-refractivity contribution in [3.8, 4) is 0 Å². The minimum atomic E-state index is 0.897. The molecule has 0 saturated carbocycles. The van der Waals surface area contributed by atoms with Gasteiger partial charge in [0, 0.05) is 19.5 Å². The zero-order valence-electron chi connectivity index (χ0n) is 6.98. The summed E-state index contributed by atoms with van der Waals surface area (Å²) in [6, 6.07) is 0. The smallest absolute Gasteiger partial charge is 0.106 e. The number of oxime groups is 1. The molecular weight excluding hydrogens is 128 g/mol. The Bertz CT molecular complexity index is 93.8. The maximum Gasteiger partial charge on any atom is 0.106 e. The van der Waals surface area contributed by atoms with E-state index < -0.39 is 0 Å². The quantitative estimate of drug-likeness (QED) is 0.557. The fourth-order valence-electron chi connectivity index (χ4n) is 0.761. The summed E-state index contributed by atoms with van der Waals surface area (Å²) in [5.74, 6) is 0. The van der Waals surface area contributed by atoms with Crippen LogP contribution < -0.4 is 5.32 Å². The normalized spacial score (nSPS) is 20.1. The third-order valence-electron chi connectivity index (χ3n) is 1.14. The first-order valence-electron chi connectivity index (χ1n) is 3.73. The second-order valence-corrected chi connectivity index (χ2v) is 1.77. The van der Waals surface area contributed by atoms with Crippen LogP contribution in [-0.4, -0.2) is 25.9 Å². The minimum Gasteiger partial charge on any atom is -0.399 e. The van der Waals surface area contributed by atoms with Gasteiger partial charge in [-0.1, -0.05) is 19.0 Å². The van der Waals surface area contributed by atoms with Crippen LogP contribution in [-0.2, 0) is 4.84 Å². The van der Waals surface area contributed by atoms with E-state index in [1.165, 1.54) is 0 Å². The standard InChI is InChI=1S/C5H10N2O.C2H6/c1-8-7-5-2-3-6-4-5;1-2/h6H,2-4H2,1H3;1-2H3/b7-5+;. The van der Waals surface area contributed by atoms with Crippen molar-refractivity contribution in [2.75, 3.05) is 20.2 Å². The molecule has 3 heteroatoms. The van der Waals surface area contributed by atoms with Gasteiger partial charge in [0.1, 0.15) is 7.11 Å². The fraction of sp³-hybridized carbons (Fsp3) is 0.857. The van der Waals surface area contributed by atoms with Crippen molar-refractivity contribution in [3.05, 3.63) is 0 Å². The van der Waals surface area contributed by atoms with Crippen molar-refractivity contribution in [2.24, 2.45) is 5.16 Å². The first-order valence-corrected chi connectivity index (χ1v) is 3.73. The maximum absolute atomic E-state index is 4.57. The predicted octanol–water partition coefficient (Wildman–Crippen LogP) is 1.01. The molecule has 0 aromatic carbocycles. The molecule has 1 rings (SSSR count). The molecular formula is C7H16N2O. The molecule has 0 aromatic rings. The largest absolute Gasteiger partial charge is 0.399 e. The molecule has 1 aliphatic heterocycles. The molecule has 10 heavy (non-hydrogen) atoms. The van der Waals surface area contributed by atoms with Crippen LogP contribution in [0.1, 0.15) is 20.3 Å². The summed E-state index contributed by atoms with van der Waals surface area (Å²) < 4.78 is 0. The van der Waals surface area contributed by atoms with Crippen molar-refractivity contribution < 1.29 is 4.84 Å². The third-order valence-corrected chi connectivity index (χ3v) is 1.14. The molecule has 0 aliphatic carbocycles. The minimum absolute atomic E-state index is 0.897. The van der Waals surface area contributed by atoms with Gasteiger partial charge in [0.05, 0.1) is 5.71 Å². The van der Waals surface area contributed by atoms with Crippen LogP contribution in [0, 0.1) is 0 Å². The van der Waals surface area contributed by atoms with E-state index in [9.17, 15) is 0 Å². The Morgan fingerprint density at radius 3 is 2.60 bits per heavy atom. The molecule has 0 unspecified atom stereocenters. The van der Waals surface area contributed by atoms with E-state index in [1.54, 1.807) is 7.11 Å². The molecule has 1 N–H and O–H groups in total. The average molecular weight is 144 g/mol. The summed E-state index contributed by atoms with van der Waals surface area (Å²) in [6.07, 6.45) is 1.04. The molecule has 0 atom stereocenters. The van der Waals surface area contributed by atoms with Gasteiger partial charge in [-0.15, -0.1) is 0 Å². The zero-order chi connectivity index (χ0) is 7.82. The highest BCUT2D eigenvalue weighted by molar-refractivity contribution is 5.87. The van der Waals surface area contributed by atoms with Crippen LogP contribution in [0.4, 0.5) is 0 Å². The summed E-state index contributed by atoms with van der Waals surface area (Å²) in [4.78, 5) is 4.57. The van der Waals surface area contributed by atoms with Gasteiger partial charge < -0.3 is 10.2 Å². The summed E-state index contributed by atoms with van der Waals surface area (Å²) in [5, 5.41) is 6.92. The summed E-state index contributed by atoms with van der Waals surface area (Å²) >= 11 is 0. The number of hydrogen-bond donors (Lipinski definition) is 1. The zero-order valence-corrected chi connectivity index (χ0v) is 6.98. The second kappa shape index (κ2) is 6.55. The maximum atomic E-state index is 4.57. The highest BCUT2D eigenvalue weighted by atomic mass is 16.6. The van der Waals surface area contributed by atoms with E-state index in [-0.39, 0.29) is 0 Å². The van der Waals surface area contributed by atoms with Gasteiger partial charge in [0.25, 0.3) is 0 Å².